The van der Waals surface area contributed by atoms with Crippen molar-refractivity contribution in [2.75, 3.05) is 51.2 Å². The van der Waals surface area contributed by atoms with Crippen LogP contribution in [0.2, 0.25) is 0 Å². The highest BCUT2D eigenvalue weighted by Crippen LogP contribution is 2.27. The van der Waals surface area contributed by atoms with Gasteiger partial charge in [0.05, 0.1) is 19.3 Å². The maximum Gasteiger partial charge on any atom is 0.271 e. The van der Waals surface area contributed by atoms with Crippen molar-refractivity contribution in [3.8, 4) is 5.88 Å². The summed E-state index contributed by atoms with van der Waals surface area (Å²) in [5, 5.41) is 9.17. The van der Waals surface area contributed by atoms with Gasteiger partial charge in [-0.15, -0.1) is 0 Å². The molecule has 14 nitrogen and oxygen atoms in total. The molecule has 4 rings (SSSR count). The minimum absolute atomic E-state index is 0.0353. The van der Waals surface area contributed by atoms with E-state index in [4.69, 9.17) is 10.5 Å². The summed E-state index contributed by atoms with van der Waals surface area (Å²) in [5.74, 6) is -2.42. The predicted octanol–water partition coefficient (Wildman–Crippen LogP) is -0.902. The fourth-order valence-electron chi connectivity index (χ4n) is 4.11. The number of primary amides is 1. The number of amides is 3. The van der Waals surface area contributed by atoms with Gasteiger partial charge in [0, 0.05) is 32.7 Å². The third kappa shape index (κ3) is 4.76. The number of likely N-dealkylation sites (N-methyl/N-ethyl adjacent to an activating group) is 1. The average Bonchev–Trinajstić information content (AvgIpc) is 3.24. The van der Waals surface area contributed by atoms with Crippen molar-refractivity contribution in [1.82, 2.24) is 29.3 Å². The third-order valence-electron chi connectivity index (χ3n) is 6.02. The minimum Gasteiger partial charge on any atom is -0.477 e. The first kappa shape index (κ1) is 25.5. The molecular weight excluding hydrogens is 492 g/mol. The SMILES string of the molecule is CCOc1ncc(S(=O)(=O)N2CCN(CC)CC2)cc1C(=O)Nc1c(C(N)=O)nn2c1C(=O)NCC2. The summed E-state index contributed by atoms with van der Waals surface area (Å²) in [5.41, 5.74) is 4.74. The van der Waals surface area contributed by atoms with E-state index in [0.29, 0.717) is 32.7 Å². The van der Waals surface area contributed by atoms with Gasteiger partial charge in [0.1, 0.15) is 16.1 Å². The Morgan fingerprint density at radius 2 is 1.92 bits per heavy atom. The van der Waals surface area contributed by atoms with Crippen LogP contribution in [0.15, 0.2) is 17.2 Å². The molecule has 2 aromatic rings. The van der Waals surface area contributed by atoms with Crippen LogP contribution in [0.4, 0.5) is 5.69 Å². The molecule has 0 atom stereocenters. The molecule has 3 amide bonds. The lowest BCUT2D eigenvalue weighted by molar-refractivity contribution is 0.0923. The Hall–Kier alpha value is -3.56. The number of nitrogens with two attached hydrogens (primary N) is 1. The number of anilines is 1. The number of sulfonamides is 1. The summed E-state index contributed by atoms with van der Waals surface area (Å²) < 4.78 is 34.7. The van der Waals surface area contributed by atoms with Gasteiger partial charge in [-0.2, -0.15) is 9.40 Å². The molecule has 2 aliphatic heterocycles. The molecule has 0 unspecified atom stereocenters. The molecule has 194 valence electrons. The number of carbonyl (C=O) groups excluding carboxylic acids is 3. The number of pyridine rings is 1. The summed E-state index contributed by atoms with van der Waals surface area (Å²) in [6.07, 6.45) is 1.15. The molecule has 2 aliphatic rings. The topological polar surface area (TPSA) is 182 Å². The summed E-state index contributed by atoms with van der Waals surface area (Å²) in [7, 11) is -3.93. The summed E-state index contributed by atoms with van der Waals surface area (Å²) in [6.45, 7) is 7.07. The number of nitrogens with one attached hydrogen (secondary N) is 2. The van der Waals surface area contributed by atoms with E-state index in [9.17, 15) is 22.8 Å². The van der Waals surface area contributed by atoms with Crippen LogP contribution in [0, 0.1) is 0 Å². The highest BCUT2D eigenvalue weighted by Gasteiger charge is 2.33. The van der Waals surface area contributed by atoms with Crippen LogP contribution >= 0.6 is 0 Å². The quantitative estimate of drug-likeness (QED) is 0.397. The van der Waals surface area contributed by atoms with Gasteiger partial charge < -0.3 is 26.0 Å². The van der Waals surface area contributed by atoms with Crippen molar-refractivity contribution in [3.63, 3.8) is 0 Å². The highest BCUT2D eigenvalue weighted by atomic mass is 32.2. The molecule has 4 N–H and O–H groups in total. The molecular formula is C21H28N8O6S. The Bertz CT molecular complexity index is 1300. The average molecular weight is 521 g/mol. The first-order chi connectivity index (χ1) is 17.2. The second-order valence-electron chi connectivity index (χ2n) is 8.16. The van der Waals surface area contributed by atoms with E-state index < -0.39 is 27.7 Å². The van der Waals surface area contributed by atoms with Crippen molar-refractivity contribution in [1.29, 1.82) is 0 Å². The van der Waals surface area contributed by atoms with Crippen molar-refractivity contribution >= 4 is 33.4 Å². The van der Waals surface area contributed by atoms with Crippen molar-refractivity contribution in [2.24, 2.45) is 5.73 Å². The fourth-order valence-corrected chi connectivity index (χ4v) is 5.50. The largest absolute Gasteiger partial charge is 0.477 e. The number of hydrogen-bond acceptors (Lipinski definition) is 9. The van der Waals surface area contributed by atoms with Crippen LogP contribution in [0.1, 0.15) is 45.2 Å². The zero-order valence-electron chi connectivity index (χ0n) is 20.0. The van der Waals surface area contributed by atoms with E-state index in [1.807, 2.05) is 6.92 Å². The van der Waals surface area contributed by atoms with Crippen LogP contribution in [-0.4, -0.2) is 96.0 Å². The number of ether oxygens (including phenoxy) is 1. The van der Waals surface area contributed by atoms with Crippen molar-refractivity contribution in [2.45, 2.75) is 25.3 Å². The monoisotopic (exact) mass is 520 g/mol. The molecule has 0 saturated carbocycles. The zero-order valence-corrected chi connectivity index (χ0v) is 20.8. The highest BCUT2D eigenvalue weighted by molar-refractivity contribution is 7.89. The number of piperazine rings is 1. The van der Waals surface area contributed by atoms with Gasteiger partial charge in [0.2, 0.25) is 15.9 Å². The van der Waals surface area contributed by atoms with Gasteiger partial charge in [-0.25, -0.2) is 13.4 Å². The summed E-state index contributed by atoms with van der Waals surface area (Å²) in [4.78, 5) is 43.8. The minimum atomic E-state index is -3.93. The van der Waals surface area contributed by atoms with Crippen LogP contribution in [-0.2, 0) is 16.6 Å². The second kappa shape index (κ2) is 10.2. The molecule has 36 heavy (non-hydrogen) atoms. The molecule has 15 heteroatoms. The molecule has 4 heterocycles. The Morgan fingerprint density at radius 3 is 2.56 bits per heavy atom. The van der Waals surface area contributed by atoms with E-state index in [0.717, 1.165) is 12.7 Å². The lowest BCUT2D eigenvalue weighted by atomic mass is 10.2. The normalized spacial score (nSPS) is 16.8. The Labute approximate surface area is 207 Å². The number of carbonyl (C=O) groups is 3. The van der Waals surface area contributed by atoms with Gasteiger partial charge in [-0.3, -0.25) is 19.1 Å². The summed E-state index contributed by atoms with van der Waals surface area (Å²) >= 11 is 0. The van der Waals surface area contributed by atoms with Gasteiger partial charge >= 0.3 is 0 Å². The van der Waals surface area contributed by atoms with Gasteiger partial charge in [0.25, 0.3) is 17.7 Å². The smallest absolute Gasteiger partial charge is 0.271 e. The van der Waals surface area contributed by atoms with Crippen LogP contribution < -0.4 is 21.1 Å². The van der Waals surface area contributed by atoms with E-state index >= 15 is 0 Å². The first-order valence-electron chi connectivity index (χ1n) is 11.5. The number of fused-ring (bicyclic) bond motifs is 1. The molecule has 1 fully saturated rings. The third-order valence-corrected chi connectivity index (χ3v) is 7.88. The molecule has 0 radical (unpaired) electrons. The molecule has 0 spiro atoms. The molecule has 2 aromatic heterocycles. The number of nitrogens with zero attached hydrogens (tertiary/aromatic N) is 5. The lowest BCUT2D eigenvalue weighted by Gasteiger charge is -2.33. The summed E-state index contributed by atoms with van der Waals surface area (Å²) in [6, 6.07) is 1.18. The van der Waals surface area contributed by atoms with Gasteiger partial charge in [-0.05, 0) is 19.5 Å². The molecule has 0 aromatic carbocycles. The molecule has 0 bridgehead atoms. The van der Waals surface area contributed by atoms with Crippen LogP contribution in [0.3, 0.4) is 0 Å². The van der Waals surface area contributed by atoms with E-state index in [1.54, 1.807) is 6.92 Å². The van der Waals surface area contributed by atoms with Gasteiger partial charge in [0.15, 0.2) is 11.4 Å². The Morgan fingerprint density at radius 1 is 1.19 bits per heavy atom. The standard InChI is InChI=1S/C21H28N8O6S/c1-3-27-7-9-28(10-8-27)36(33,34)13-11-14(21(24-12-13)35-4-2)19(31)25-15-16(18(22)30)26-29-6-5-23-20(32)17(15)29/h11-12H,3-10H2,1-2H3,(H2,22,30)(H,23,32)(H,25,31). The van der Waals surface area contributed by atoms with Gasteiger partial charge in [-0.1, -0.05) is 6.92 Å². The van der Waals surface area contributed by atoms with E-state index in [-0.39, 0.29) is 46.6 Å². The number of hydrogen-bond donors (Lipinski definition) is 3. The van der Waals surface area contributed by atoms with E-state index in [2.05, 4.69) is 25.6 Å². The second-order valence-corrected chi connectivity index (χ2v) is 10.1. The Balaban J connectivity index is 1.69. The predicted molar refractivity (Wildman–Crippen MR) is 127 cm³/mol. The maximum atomic E-state index is 13.3. The van der Waals surface area contributed by atoms with E-state index in [1.165, 1.54) is 15.1 Å². The lowest BCUT2D eigenvalue weighted by Crippen LogP contribution is -2.48. The maximum absolute atomic E-state index is 13.3. The van der Waals surface area contributed by atoms with Crippen molar-refractivity contribution < 1.29 is 27.5 Å². The number of aromatic nitrogens is 3. The zero-order chi connectivity index (χ0) is 26.0. The van der Waals surface area contributed by atoms with Crippen LogP contribution in [0.25, 0.3) is 0 Å². The molecule has 1 saturated heterocycles. The number of rotatable bonds is 8. The first-order valence-corrected chi connectivity index (χ1v) is 13.0. The fraction of sp³-hybridized carbons (Fsp3) is 0.476. The van der Waals surface area contributed by atoms with Crippen molar-refractivity contribution in [3.05, 3.63) is 29.2 Å². The van der Waals surface area contributed by atoms with Crippen LogP contribution in [0.5, 0.6) is 5.88 Å². The Kier molecular flexibility index (Phi) is 7.23. The molecule has 0 aliphatic carbocycles.